The Kier molecular flexibility index (Phi) is 6.36. The van der Waals surface area contributed by atoms with Crippen LogP contribution < -0.4 is 4.74 Å². The fourth-order valence-electron chi connectivity index (χ4n) is 3.15. The first kappa shape index (κ1) is 20.8. The SMILES string of the molecule is O=S(=O)(c1ccc(F)cc1)C1CCN(S(=O)(=O)CCOc2ccccc2)CC1. The number of rotatable bonds is 7. The molecule has 152 valence electrons. The molecule has 1 heterocycles. The fraction of sp³-hybridized carbons (Fsp3) is 0.368. The van der Waals surface area contributed by atoms with E-state index in [1.807, 2.05) is 6.07 Å². The summed E-state index contributed by atoms with van der Waals surface area (Å²) in [5.41, 5.74) is 0. The third kappa shape index (κ3) is 4.89. The zero-order valence-electron chi connectivity index (χ0n) is 15.2. The van der Waals surface area contributed by atoms with E-state index in [0.29, 0.717) is 5.75 Å². The summed E-state index contributed by atoms with van der Waals surface area (Å²) in [5.74, 6) is -0.0727. The highest BCUT2D eigenvalue weighted by molar-refractivity contribution is 7.92. The first-order valence-electron chi connectivity index (χ1n) is 8.94. The molecule has 0 N–H and O–H groups in total. The predicted molar refractivity (Wildman–Crippen MR) is 104 cm³/mol. The second-order valence-corrected chi connectivity index (χ2v) is 10.9. The summed E-state index contributed by atoms with van der Waals surface area (Å²) in [6.07, 6.45) is 0.414. The van der Waals surface area contributed by atoms with Gasteiger partial charge in [-0.3, -0.25) is 0 Å². The molecular formula is C19H22FNO5S2. The van der Waals surface area contributed by atoms with Gasteiger partial charge >= 0.3 is 0 Å². The Hall–Kier alpha value is -1.97. The molecule has 28 heavy (non-hydrogen) atoms. The Balaban J connectivity index is 1.55. The largest absolute Gasteiger partial charge is 0.492 e. The predicted octanol–water partition coefficient (Wildman–Crippen LogP) is 2.47. The molecule has 0 aliphatic carbocycles. The zero-order valence-corrected chi connectivity index (χ0v) is 16.8. The van der Waals surface area contributed by atoms with Crippen LogP contribution in [0.1, 0.15) is 12.8 Å². The van der Waals surface area contributed by atoms with Crippen molar-refractivity contribution in [3.05, 3.63) is 60.4 Å². The van der Waals surface area contributed by atoms with Gasteiger partial charge in [0.25, 0.3) is 0 Å². The van der Waals surface area contributed by atoms with E-state index in [0.717, 1.165) is 12.1 Å². The second-order valence-electron chi connectivity index (χ2n) is 6.57. The normalized spacial score (nSPS) is 16.8. The molecule has 0 saturated carbocycles. The van der Waals surface area contributed by atoms with E-state index < -0.39 is 30.9 Å². The highest BCUT2D eigenvalue weighted by Gasteiger charge is 2.35. The molecular weight excluding hydrogens is 405 g/mol. The van der Waals surface area contributed by atoms with E-state index in [2.05, 4.69) is 0 Å². The molecule has 6 nitrogen and oxygen atoms in total. The first-order valence-corrected chi connectivity index (χ1v) is 12.1. The van der Waals surface area contributed by atoms with Crippen LogP contribution in [0.4, 0.5) is 4.39 Å². The van der Waals surface area contributed by atoms with Crippen molar-refractivity contribution >= 4 is 19.9 Å². The van der Waals surface area contributed by atoms with E-state index in [4.69, 9.17) is 4.74 Å². The van der Waals surface area contributed by atoms with Crippen molar-refractivity contribution < 1.29 is 26.0 Å². The molecule has 0 unspecified atom stereocenters. The lowest BCUT2D eigenvalue weighted by Gasteiger charge is -2.31. The van der Waals surface area contributed by atoms with Gasteiger partial charge in [-0.1, -0.05) is 18.2 Å². The smallest absolute Gasteiger partial charge is 0.217 e. The van der Waals surface area contributed by atoms with Crippen LogP contribution in [-0.4, -0.2) is 51.8 Å². The number of benzene rings is 2. The molecule has 1 aliphatic rings. The minimum Gasteiger partial charge on any atom is -0.492 e. The van der Waals surface area contributed by atoms with Crippen molar-refractivity contribution in [1.29, 1.82) is 0 Å². The lowest BCUT2D eigenvalue weighted by atomic mass is 10.2. The van der Waals surface area contributed by atoms with Gasteiger partial charge in [0.05, 0.1) is 15.9 Å². The van der Waals surface area contributed by atoms with Crippen molar-refractivity contribution in [2.75, 3.05) is 25.4 Å². The Morgan fingerprint density at radius 1 is 0.929 bits per heavy atom. The quantitative estimate of drug-likeness (QED) is 0.634. The summed E-state index contributed by atoms with van der Waals surface area (Å²) >= 11 is 0. The number of sulfone groups is 1. The van der Waals surface area contributed by atoms with E-state index in [1.54, 1.807) is 24.3 Å². The number of hydrogen-bond donors (Lipinski definition) is 0. The van der Waals surface area contributed by atoms with Gasteiger partial charge in [-0.2, -0.15) is 0 Å². The van der Waals surface area contributed by atoms with E-state index in [9.17, 15) is 21.2 Å². The molecule has 0 radical (unpaired) electrons. The molecule has 0 spiro atoms. The van der Waals surface area contributed by atoms with Crippen molar-refractivity contribution in [2.24, 2.45) is 0 Å². The average molecular weight is 428 g/mol. The summed E-state index contributed by atoms with van der Waals surface area (Å²) in [6, 6.07) is 13.7. The average Bonchev–Trinajstić information content (AvgIpc) is 2.69. The van der Waals surface area contributed by atoms with Crippen LogP contribution in [0.5, 0.6) is 5.75 Å². The van der Waals surface area contributed by atoms with Gasteiger partial charge in [0.15, 0.2) is 9.84 Å². The number of halogens is 1. The molecule has 2 aromatic rings. The van der Waals surface area contributed by atoms with Gasteiger partial charge in [0.2, 0.25) is 10.0 Å². The van der Waals surface area contributed by atoms with Crippen molar-refractivity contribution in [3.8, 4) is 5.75 Å². The molecule has 1 fully saturated rings. The number of sulfonamides is 1. The Bertz CT molecular complexity index is 984. The molecule has 0 bridgehead atoms. The molecule has 1 saturated heterocycles. The third-order valence-electron chi connectivity index (χ3n) is 4.73. The monoisotopic (exact) mass is 427 g/mol. The Morgan fingerprint density at radius 2 is 1.54 bits per heavy atom. The van der Waals surface area contributed by atoms with Crippen molar-refractivity contribution in [2.45, 2.75) is 23.0 Å². The molecule has 2 aromatic carbocycles. The number of nitrogens with zero attached hydrogens (tertiary/aromatic N) is 1. The van der Waals surface area contributed by atoms with Crippen LogP contribution in [0.15, 0.2) is 59.5 Å². The maximum atomic E-state index is 13.0. The van der Waals surface area contributed by atoms with Crippen molar-refractivity contribution in [3.63, 3.8) is 0 Å². The lowest BCUT2D eigenvalue weighted by Crippen LogP contribution is -2.44. The molecule has 1 aliphatic heterocycles. The van der Waals surface area contributed by atoms with E-state index in [-0.39, 0.29) is 43.2 Å². The summed E-state index contributed by atoms with van der Waals surface area (Å²) < 4.78 is 70.1. The summed E-state index contributed by atoms with van der Waals surface area (Å²) in [6.45, 7) is 0.303. The minimum atomic E-state index is -3.61. The molecule has 0 aromatic heterocycles. The first-order chi connectivity index (χ1) is 13.3. The molecule has 3 rings (SSSR count). The topological polar surface area (TPSA) is 80.8 Å². The minimum absolute atomic E-state index is 0.0279. The lowest BCUT2D eigenvalue weighted by molar-refractivity contribution is 0.321. The highest BCUT2D eigenvalue weighted by Crippen LogP contribution is 2.26. The maximum Gasteiger partial charge on any atom is 0.217 e. The number of hydrogen-bond acceptors (Lipinski definition) is 5. The van der Waals surface area contributed by atoms with Crippen LogP contribution in [0, 0.1) is 5.82 Å². The van der Waals surface area contributed by atoms with Crippen LogP contribution in [0.2, 0.25) is 0 Å². The number of ether oxygens (including phenoxy) is 1. The van der Waals surface area contributed by atoms with E-state index in [1.165, 1.54) is 16.4 Å². The van der Waals surface area contributed by atoms with Gasteiger partial charge in [-0.05, 0) is 49.2 Å². The van der Waals surface area contributed by atoms with E-state index >= 15 is 0 Å². The van der Waals surface area contributed by atoms with Gasteiger partial charge < -0.3 is 4.74 Å². The second kappa shape index (κ2) is 8.59. The number of para-hydroxylation sites is 1. The maximum absolute atomic E-state index is 13.0. The molecule has 0 atom stereocenters. The summed E-state index contributed by atoms with van der Waals surface area (Å²) in [5, 5.41) is -0.676. The fourth-order valence-corrected chi connectivity index (χ4v) is 6.20. The van der Waals surface area contributed by atoms with Crippen LogP contribution in [0.25, 0.3) is 0 Å². The molecule has 0 amide bonds. The third-order valence-corrected chi connectivity index (χ3v) is 8.84. The molecule has 9 heteroatoms. The van der Waals surface area contributed by atoms with Crippen molar-refractivity contribution in [1.82, 2.24) is 4.31 Å². The van der Waals surface area contributed by atoms with Crippen LogP contribution in [0.3, 0.4) is 0 Å². The Morgan fingerprint density at radius 3 is 2.14 bits per heavy atom. The standard InChI is InChI=1S/C19H22FNO5S2/c20-16-6-8-18(9-7-16)28(24,25)19-10-12-21(13-11-19)27(22,23)15-14-26-17-4-2-1-3-5-17/h1-9,19H,10-15H2. The van der Waals surface area contributed by atoms with Gasteiger partial charge in [-0.15, -0.1) is 0 Å². The van der Waals surface area contributed by atoms with Gasteiger partial charge in [0, 0.05) is 13.1 Å². The zero-order chi connectivity index (χ0) is 20.2. The van der Waals surface area contributed by atoms with Crippen LogP contribution in [-0.2, 0) is 19.9 Å². The summed E-state index contributed by atoms with van der Waals surface area (Å²) in [7, 11) is -7.14. The van der Waals surface area contributed by atoms with Gasteiger partial charge in [0.1, 0.15) is 18.2 Å². The Labute approximate surface area is 164 Å². The van der Waals surface area contributed by atoms with Gasteiger partial charge in [-0.25, -0.2) is 25.5 Å². The number of piperidine rings is 1. The highest BCUT2D eigenvalue weighted by atomic mass is 32.2. The van der Waals surface area contributed by atoms with Crippen LogP contribution >= 0.6 is 0 Å². The summed E-state index contributed by atoms with van der Waals surface area (Å²) in [4.78, 5) is 0.0615.